The van der Waals surface area contributed by atoms with Gasteiger partial charge in [-0.05, 0) is 53.9 Å². The molecule has 1 aromatic rings. The van der Waals surface area contributed by atoms with Gasteiger partial charge in [-0.3, -0.25) is 0 Å². The highest BCUT2D eigenvalue weighted by atomic mass is 79.9. The minimum Gasteiger partial charge on any atom is -0.313 e. The van der Waals surface area contributed by atoms with Crippen molar-refractivity contribution in [1.82, 2.24) is 5.32 Å². The first-order chi connectivity index (χ1) is 9.92. The van der Waals surface area contributed by atoms with Gasteiger partial charge in [-0.15, -0.1) is 11.8 Å². The fourth-order valence-corrected chi connectivity index (χ4v) is 3.57. The van der Waals surface area contributed by atoms with E-state index in [1.807, 2.05) is 24.3 Å². The molecule has 6 heteroatoms. The average molecular weight is 384 g/mol. The van der Waals surface area contributed by atoms with Crippen LogP contribution in [0.25, 0.3) is 0 Å². The molecule has 0 amide bonds. The Morgan fingerprint density at radius 1 is 1.29 bits per heavy atom. The topological polar surface area (TPSA) is 12.0 Å². The van der Waals surface area contributed by atoms with E-state index < -0.39 is 12.6 Å². The normalized spacial score (nSPS) is 13.4. The van der Waals surface area contributed by atoms with E-state index in [-0.39, 0.29) is 12.5 Å². The third kappa shape index (κ3) is 8.73. The van der Waals surface area contributed by atoms with E-state index in [2.05, 4.69) is 28.2 Å². The van der Waals surface area contributed by atoms with Crippen molar-refractivity contribution in [3.05, 3.63) is 28.7 Å². The molecule has 21 heavy (non-hydrogen) atoms. The molecule has 0 spiro atoms. The summed E-state index contributed by atoms with van der Waals surface area (Å²) in [5.41, 5.74) is 0. The van der Waals surface area contributed by atoms with E-state index in [1.54, 1.807) is 11.8 Å². The Labute approximate surface area is 137 Å². The van der Waals surface area contributed by atoms with Gasteiger partial charge in [0.25, 0.3) is 0 Å². The highest BCUT2D eigenvalue weighted by Gasteiger charge is 2.26. The van der Waals surface area contributed by atoms with Crippen molar-refractivity contribution in [2.75, 3.05) is 12.3 Å². The molecule has 1 atom stereocenters. The second-order valence-electron chi connectivity index (χ2n) is 4.90. The van der Waals surface area contributed by atoms with Crippen molar-refractivity contribution in [2.45, 2.75) is 49.7 Å². The van der Waals surface area contributed by atoms with Crippen LogP contribution in [0, 0.1) is 0 Å². The monoisotopic (exact) mass is 383 g/mol. The van der Waals surface area contributed by atoms with Crippen LogP contribution in [-0.4, -0.2) is 24.5 Å². The van der Waals surface area contributed by atoms with Crippen molar-refractivity contribution >= 4 is 27.7 Å². The van der Waals surface area contributed by atoms with Gasteiger partial charge >= 0.3 is 6.18 Å². The summed E-state index contributed by atoms with van der Waals surface area (Å²) < 4.78 is 37.7. The van der Waals surface area contributed by atoms with Crippen molar-refractivity contribution in [1.29, 1.82) is 0 Å². The molecule has 0 aliphatic rings. The summed E-state index contributed by atoms with van der Waals surface area (Å²) in [5, 5.41) is 3.34. The van der Waals surface area contributed by atoms with E-state index in [1.165, 1.54) is 0 Å². The molecule has 0 aliphatic carbocycles. The molecule has 0 bridgehead atoms. The maximum atomic E-state index is 12.2. The van der Waals surface area contributed by atoms with Gasteiger partial charge in [-0.25, -0.2) is 0 Å². The fourth-order valence-electron chi connectivity index (χ4n) is 1.89. The van der Waals surface area contributed by atoms with Gasteiger partial charge in [0, 0.05) is 27.6 Å². The van der Waals surface area contributed by atoms with Gasteiger partial charge in [-0.1, -0.05) is 19.1 Å². The van der Waals surface area contributed by atoms with Gasteiger partial charge < -0.3 is 5.32 Å². The number of rotatable bonds is 9. The molecule has 1 nitrogen and oxygen atoms in total. The summed E-state index contributed by atoms with van der Waals surface area (Å²) in [6.45, 7) is 2.90. The predicted octanol–water partition coefficient (Wildman–Crippen LogP) is 5.64. The molecule has 1 aromatic carbocycles. The number of halogens is 4. The van der Waals surface area contributed by atoms with Crippen LogP contribution in [0.1, 0.15) is 32.6 Å². The Balaban J connectivity index is 2.44. The molecule has 0 aliphatic heterocycles. The van der Waals surface area contributed by atoms with Crippen LogP contribution in [-0.2, 0) is 0 Å². The molecule has 0 saturated heterocycles. The standard InChI is InChI=1S/C15H21BrF3NS/c1-2-10-20-12(6-5-9-15(17,18)19)11-21-14-8-4-3-7-13(14)16/h3-4,7-8,12,20H,2,5-6,9-11H2,1H3. The maximum absolute atomic E-state index is 12.2. The highest BCUT2D eigenvalue weighted by molar-refractivity contribution is 9.10. The molecule has 120 valence electrons. The maximum Gasteiger partial charge on any atom is 0.389 e. The van der Waals surface area contributed by atoms with Gasteiger partial charge in [0.1, 0.15) is 0 Å². The Morgan fingerprint density at radius 2 is 2.00 bits per heavy atom. The Kier molecular flexibility index (Phi) is 8.74. The zero-order valence-electron chi connectivity index (χ0n) is 12.0. The lowest BCUT2D eigenvalue weighted by atomic mass is 10.1. The first-order valence-electron chi connectivity index (χ1n) is 7.10. The summed E-state index contributed by atoms with van der Waals surface area (Å²) in [6, 6.07) is 8.02. The molecule has 1 unspecified atom stereocenters. The summed E-state index contributed by atoms with van der Waals surface area (Å²) in [6.07, 6.45) is -3.03. The van der Waals surface area contributed by atoms with Crippen molar-refractivity contribution in [3.8, 4) is 0 Å². The lowest BCUT2D eigenvalue weighted by Crippen LogP contribution is -2.32. The van der Waals surface area contributed by atoms with Gasteiger partial charge in [0.15, 0.2) is 0 Å². The van der Waals surface area contributed by atoms with E-state index in [0.717, 1.165) is 28.1 Å². The third-order valence-electron chi connectivity index (χ3n) is 2.97. The minimum absolute atomic E-state index is 0.115. The van der Waals surface area contributed by atoms with Gasteiger partial charge in [-0.2, -0.15) is 13.2 Å². The second kappa shape index (κ2) is 9.74. The lowest BCUT2D eigenvalue weighted by Gasteiger charge is -2.19. The Bertz CT molecular complexity index is 412. The number of alkyl halides is 3. The van der Waals surface area contributed by atoms with E-state index in [4.69, 9.17) is 0 Å². The van der Waals surface area contributed by atoms with Crippen LogP contribution in [0.4, 0.5) is 13.2 Å². The molecule has 0 heterocycles. The summed E-state index contributed by atoms with van der Waals surface area (Å²) in [4.78, 5) is 1.12. The zero-order chi connectivity index (χ0) is 15.7. The molecular formula is C15H21BrF3NS. The Morgan fingerprint density at radius 3 is 2.62 bits per heavy atom. The van der Waals surface area contributed by atoms with E-state index in [0.29, 0.717) is 6.42 Å². The van der Waals surface area contributed by atoms with Crippen molar-refractivity contribution < 1.29 is 13.2 Å². The van der Waals surface area contributed by atoms with E-state index in [9.17, 15) is 13.2 Å². The lowest BCUT2D eigenvalue weighted by molar-refractivity contribution is -0.135. The first kappa shape index (κ1) is 18.8. The smallest absolute Gasteiger partial charge is 0.313 e. The second-order valence-corrected chi connectivity index (χ2v) is 6.82. The number of benzene rings is 1. The highest BCUT2D eigenvalue weighted by Crippen LogP contribution is 2.29. The number of nitrogens with one attached hydrogen (secondary N) is 1. The first-order valence-corrected chi connectivity index (χ1v) is 8.87. The number of hydrogen-bond donors (Lipinski definition) is 1. The third-order valence-corrected chi connectivity index (χ3v) is 5.16. The molecule has 1 N–H and O–H groups in total. The average Bonchev–Trinajstić information content (AvgIpc) is 2.41. The summed E-state index contributed by atoms with van der Waals surface area (Å²) >= 11 is 5.16. The summed E-state index contributed by atoms with van der Waals surface area (Å²) in [5.74, 6) is 0.778. The van der Waals surface area contributed by atoms with Gasteiger partial charge in [0.2, 0.25) is 0 Å². The molecular weight excluding hydrogens is 363 g/mol. The Hall–Kier alpha value is -0.200. The molecule has 1 rings (SSSR count). The van der Waals surface area contributed by atoms with Crippen LogP contribution < -0.4 is 5.32 Å². The van der Waals surface area contributed by atoms with Gasteiger partial charge in [0.05, 0.1) is 0 Å². The van der Waals surface area contributed by atoms with Crippen molar-refractivity contribution in [2.24, 2.45) is 0 Å². The molecule has 0 radical (unpaired) electrons. The molecule has 0 saturated carbocycles. The van der Waals surface area contributed by atoms with E-state index >= 15 is 0 Å². The predicted molar refractivity (Wildman–Crippen MR) is 86.9 cm³/mol. The largest absolute Gasteiger partial charge is 0.389 e. The molecule has 0 aromatic heterocycles. The number of hydrogen-bond acceptors (Lipinski definition) is 2. The van der Waals surface area contributed by atoms with Crippen LogP contribution in [0.2, 0.25) is 0 Å². The zero-order valence-corrected chi connectivity index (χ0v) is 14.5. The van der Waals surface area contributed by atoms with Crippen LogP contribution in [0.15, 0.2) is 33.6 Å². The fraction of sp³-hybridized carbons (Fsp3) is 0.600. The minimum atomic E-state index is -4.05. The van der Waals surface area contributed by atoms with Crippen LogP contribution in [0.3, 0.4) is 0 Å². The molecule has 0 fully saturated rings. The SMILES string of the molecule is CCCNC(CCCC(F)(F)F)CSc1ccccc1Br. The quantitative estimate of drug-likeness (QED) is 0.553. The van der Waals surface area contributed by atoms with Crippen LogP contribution >= 0.6 is 27.7 Å². The number of thioether (sulfide) groups is 1. The van der Waals surface area contributed by atoms with Crippen molar-refractivity contribution in [3.63, 3.8) is 0 Å². The van der Waals surface area contributed by atoms with Crippen LogP contribution in [0.5, 0.6) is 0 Å². The summed E-state index contributed by atoms with van der Waals surface area (Å²) in [7, 11) is 0.